The van der Waals surface area contributed by atoms with E-state index < -0.39 is 14.1 Å². The Balaban J connectivity index is 3.12. The van der Waals surface area contributed by atoms with Crippen molar-refractivity contribution in [3.63, 3.8) is 0 Å². The van der Waals surface area contributed by atoms with Crippen LogP contribution >= 0.6 is 0 Å². The summed E-state index contributed by atoms with van der Waals surface area (Å²) in [6, 6.07) is 4.11. The highest BCUT2D eigenvalue weighted by Crippen LogP contribution is 2.38. The Morgan fingerprint density at radius 3 is 2.33 bits per heavy atom. The number of carbonyl (C=O) groups is 1. The fourth-order valence-electron chi connectivity index (χ4n) is 1.41. The van der Waals surface area contributed by atoms with Gasteiger partial charge in [-0.05, 0) is 36.3 Å². The predicted molar refractivity (Wildman–Crippen MR) is 83.3 cm³/mol. The molecular weight excluding hydrogens is 289 g/mol. The number of rotatable bonds is 4. The third-order valence-electron chi connectivity index (χ3n) is 3.91. The first-order valence-corrected chi connectivity index (χ1v) is 9.71. The van der Waals surface area contributed by atoms with Gasteiger partial charge in [-0.2, -0.15) is 0 Å². The van der Waals surface area contributed by atoms with E-state index in [9.17, 15) is 9.18 Å². The first-order valence-electron chi connectivity index (χ1n) is 6.80. The highest BCUT2D eigenvalue weighted by molar-refractivity contribution is 6.74. The second kappa shape index (κ2) is 6.15. The zero-order valence-corrected chi connectivity index (χ0v) is 14.8. The van der Waals surface area contributed by atoms with Crippen LogP contribution in [-0.2, 0) is 4.84 Å². The minimum atomic E-state index is -2.17. The standard InChI is InChI=1S/C15H24FNO3Si/c1-15(2,3)21(6,7)20-13-10-11(8-9-12(13)16)14(18)17(4)19-5/h8-10H,1-7H3. The molecule has 21 heavy (non-hydrogen) atoms. The highest BCUT2D eigenvalue weighted by Gasteiger charge is 2.39. The molecule has 1 rings (SSSR count). The summed E-state index contributed by atoms with van der Waals surface area (Å²) < 4.78 is 19.9. The molecule has 0 unspecified atom stereocenters. The molecule has 0 N–H and O–H groups in total. The fraction of sp³-hybridized carbons (Fsp3) is 0.533. The first-order chi connectivity index (χ1) is 9.49. The van der Waals surface area contributed by atoms with Gasteiger partial charge >= 0.3 is 0 Å². The summed E-state index contributed by atoms with van der Waals surface area (Å²) in [5.41, 5.74) is 0.328. The lowest BCUT2D eigenvalue weighted by atomic mass is 10.2. The summed E-state index contributed by atoms with van der Waals surface area (Å²) in [5.74, 6) is -0.689. The van der Waals surface area contributed by atoms with Crippen molar-refractivity contribution in [1.82, 2.24) is 5.06 Å². The Kier molecular flexibility index (Phi) is 5.17. The van der Waals surface area contributed by atoms with E-state index in [0.717, 1.165) is 5.06 Å². The maximum absolute atomic E-state index is 14.0. The number of halogens is 1. The van der Waals surface area contributed by atoms with E-state index in [1.165, 1.54) is 32.4 Å². The van der Waals surface area contributed by atoms with Gasteiger partial charge in [0, 0.05) is 12.6 Å². The Labute approximate surface area is 126 Å². The van der Waals surface area contributed by atoms with Crippen molar-refractivity contribution < 1.29 is 18.4 Å². The lowest BCUT2D eigenvalue weighted by Crippen LogP contribution is -2.44. The molecule has 0 atom stereocenters. The van der Waals surface area contributed by atoms with E-state index in [0.29, 0.717) is 5.56 Å². The number of hydrogen-bond donors (Lipinski definition) is 0. The molecule has 0 fully saturated rings. The van der Waals surface area contributed by atoms with Crippen LogP contribution in [0, 0.1) is 5.82 Å². The van der Waals surface area contributed by atoms with Crippen LogP contribution in [0.3, 0.4) is 0 Å². The molecule has 1 amide bonds. The number of hydroxylamine groups is 2. The average molecular weight is 313 g/mol. The summed E-state index contributed by atoms with van der Waals surface area (Å²) in [6.45, 7) is 10.3. The van der Waals surface area contributed by atoms with Crippen LogP contribution in [0.25, 0.3) is 0 Å². The minimum Gasteiger partial charge on any atom is -0.542 e. The maximum atomic E-state index is 14.0. The molecule has 0 spiro atoms. The second-order valence-corrected chi connectivity index (χ2v) is 11.2. The van der Waals surface area contributed by atoms with Crippen molar-refractivity contribution in [2.75, 3.05) is 14.2 Å². The van der Waals surface area contributed by atoms with E-state index in [2.05, 4.69) is 20.8 Å². The lowest BCUT2D eigenvalue weighted by molar-refractivity contribution is -0.0757. The van der Waals surface area contributed by atoms with Crippen molar-refractivity contribution in [1.29, 1.82) is 0 Å². The SMILES string of the molecule is CON(C)C(=O)c1ccc(F)c(O[Si](C)(C)C(C)(C)C)c1. The van der Waals surface area contributed by atoms with Gasteiger partial charge in [-0.3, -0.25) is 9.63 Å². The third-order valence-corrected chi connectivity index (χ3v) is 8.25. The largest absolute Gasteiger partial charge is 0.542 e. The quantitative estimate of drug-likeness (QED) is 0.626. The predicted octanol–water partition coefficient (Wildman–Crippen LogP) is 3.84. The molecule has 0 radical (unpaired) electrons. The summed E-state index contributed by atoms with van der Waals surface area (Å²) in [7, 11) is 0.731. The van der Waals surface area contributed by atoms with Gasteiger partial charge in [-0.1, -0.05) is 20.8 Å². The van der Waals surface area contributed by atoms with Crippen LogP contribution in [-0.4, -0.2) is 33.4 Å². The smallest absolute Gasteiger partial charge is 0.277 e. The molecule has 4 nitrogen and oxygen atoms in total. The third kappa shape index (κ3) is 4.04. The van der Waals surface area contributed by atoms with E-state index in [1.54, 1.807) is 0 Å². The van der Waals surface area contributed by atoms with Crippen molar-refractivity contribution in [3.05, 3.63) is 29.6 Å². The highest BCUT2D eigenvalue weighted by atomic mass is 28.4. The molecule has 118 valence electrons. The van der Waals surface area contributed by atoms with Crippen LogP contribution < -0.4 is 4.43 Å². The molecule has 0 aromatic heterocycles. The zero-order valence-electron chi connectivity index (χ0n) is 13.8. The molecule has 6 heteroatoms. The van der Waals surface area contributed by atoms with E-state index in [-0.39, 0.29) is 16.7 Å². The molecule has 1 aromatic carbocycles. The molecule has 0 heterocycles. The second-order valence-electron chi connectivity index (χ2n) is 6.49. The molecule has 0 saturated heterocycles. The van der Waals surface area contributed by atoms with Crippen molar-refractivity contribution in [3.8, 4) is 5.75 Å². The maximum Gasteiger partial charge on any atom is 0.277 e. The fourth-order valence-corrected chi connectivity index (χ4v) is 2.42. The first kappa shape index (κ1) is 17.6. The van der Waals surface area contributed by atoms with Crippen LogP contribution in [0.1, 0.15) is 31.1 Å². The number of benzene rings is 1. The Morgan fingerprint density at radius 1 is 1.29 bits per heavy atom. The van der Waals surface area contributed by atoms with Gasteiger partial charge < -0.3 is 4.43 Å². The van der Waals surface area contributed by atoms with Crippen LogP contribution in [0.2, 0.25) is 18.1 Å². The van der Waals surface area contributed by atoms with Gasteiger partial charge in [0.05, 0.1) is 7.11 Å². The van der Waals surface area contributed by atoms with Crippen LogP contribution in [0.4, 0.5) is 4.39 Å². The summed E-state index contributed by atoms with van der Waals surface area (Å²) in [4.78, 5) is 16.9. The monoisotopic (exact) mass is 313 g/mol. The van der Waals surface area contributed by atoms with Gasteiger partial charge in [0.1, 0.15) is 5.75 Å². The normalized spacial score (nSPS) is 12.2. The van der Waals surface area contributed by atoms with Crippen LogP contribution in [0.15, 0.2) is 18.2 Å². The Hall–Kier alpha value is -1.40. The lowest BCUT2D eigenvalue weighted by Gasteiger charge is -2.36. The molecule has 0 bridgehead atoms. The summed E-state index contributed by atoms with van der Waals surface area (Å²) in [5, 5.41) is 1.03. The van der Waals surface area contributed by atoms with Crippen molar-refractivity contribution in [2.24, 2.45) is 0 Å². The number of nitrogens with zero attached hydrogens (tertiary/aromatic N) is 1. The summed E-state index contributed by atoms with van der Waals surface area (Å²) in [6.07, 6.45) is 0. The van der Waals surface area contributed by atoms with Crippen LogP contribution in [0.5, 0.6) is 5.75 Å². The van der Waals surface area contributed by atoms with Crippen molar-refractivity contribution >= 4 is 14.2 Å². The van der Waals surface area contributed by atoms with Gasteiger partial charge in [0.25, 0.3) is 14.2 Å². The zero-order chi connectivity index (χ0) is 16.4. The van der Waals surface area contributed by atoms with E-state index >= 15 is 0 Å². The van der Waals surface area contributed by atoms with Gasteiger partial charge in [0.2, 0.25) is 0 Å². The number of hydrogen-bond acceptors (Lipinski definition) is 3. The average Bonchev–Trinajstić information content (AvgIpc) is 2.38. The van der Waals surface area contributed by atoms with E-state index in [4.69, 9.17) is 9.26 Å². The molecule has 0 saturated carbocycles. The van der Waals surface area contributed by atoms with Gasteiger partial charge in [-0.15, -0.1) is 0 Å². The molecule has 1 aromatic rings. The number of amides is 1. The van der Waals surface area contributed by atoms with Gasteiger partial charge in [-0.25, -0.2) is 9.45 Å². The topological polar surface area (TPSA) is 38.8 Å². The van der Waals surface area contributed by atoms with E-state index in [1.807, 2.05) is 13.1 Å². The molecule has 0 aliphatic heterocycles. The molecule has 0 aliphatic carbocycles. The Morgan fingerprint density at radius 2 is 1.86 bits per heavy atom. The van der Waals surface area contributed by atoms with Gasteiger partial charge in [0.15, 0.2) is 5.82 Å². The molecular formula is C15H24FNO3Si. The van der Waals surface area contributed by atoms with Crippen molar-refractivity contribution in [2.45, 2.75) is 38.9 Å². The summed E-state index contributed by atoms with van der Waals surface area (Å²) >= 11 is 0. The molecule has 0 aliphatic rings. The Bertz CT molecular complexity index is 526. The minimum absolute atomic E-state index is 0.0528. The number of carbonyl (C=O) groups excluding carboxylic acids is 1.